The van der Waals surface area contributed by atoms with E-state index in [1.807, 2.05) is 7.05 Å². The Hall–Kier alpha value is -1.33. The van der Waals surface area contributed by atoms with Crippen molar-refractivity contribution in [1.29, 1.82) is 0 Å². The molecular formula is C11H15NO4. The number of nitrogens with zero attached hydrogens (tertiary/aromatic N) is 1. The van der Waals surface area contributed by atoms with Gasteiger partial charge in [-0.05, 0) is 19.5 Å². The zero-order chi connectivity index (χ0) is 11.5. The third-order valence-corrected chi connectivity index (χ3v) is 2.83. The Kier molecular flexibility index (Phi) is 3.26. The Balaban J connectivity index is 1.94. The number of carboxylic acid groups (broad SMARTS) is 1. The first-order valence-electron chi connectivity index (χ1n) is 5.25. The van der Waals surface area contributed by atoms with E-state index in [9.17, 15) is 4.79 Å². The molecule has 1 saturated heterocycles. The van der Waals surface area contributed by atoms with Gasteiger partial charge >= 0.3 is 5.97 Å². The Morgan fingerprint density at radius 1 is 1.69 bits per heavy atom. The van der Waals surface area contributed by atoms with Crippen LogP contribution in [0.5, 0.6) is 0 Å². The maximum atomic E-state index is 10.7. The molecule has 1 aliphatic rings. The van der Waals surface area contributed by atoms with Crippen molar-refractivity contribution in [3.05, 3.63) is 23.7 Å². The quantitative estimate of drug-likeness (QED) is 0.834. The molecule has 1 aromatic rings. The van der Waals surface area contributed by atoms with Gasteiger partial charge < -0.3 is 14.3 Å². The molecule has 0 radical (unpaired) electrons. The van der Waals surface area contributed by atoms with E-state index in [4.69, 9.17) is 14.3 Å². The SMILES string of the molecule is CN(Cc1cc(C(=O)O)co1)C1CCOC1. The normalized spacial score (nSPS) is 20.5. The van der Waals surface area contributed by atoms with Gasteiger partial charge in [0.2, 0.25) is 0 Å². The van der Waals surface area contributed by atoms with Crippen molar-refractivity contribution in [3.8, 4) is 0 Å². The van der Waals surface area contributed by atoms with E-state index in [1.54, 1.807) is 6.07 Å². The smallest absolute Gasteiger partial charge is 0.338 e. The van der Waals surface area contributed by atoms with Gasteiger partial charge in [-0.25, -0.2) is 4.79 Å². The van der Waals surface area contributed by atoms with Crippen LogP contribution in [0.1, 0.15) is 22.5 Å². The molecule has 16 heavy (non-hydrogen) atoms. The zero-order valence-corrected chi connectivity index (χ0v) is 9.18. The zero-order valence-electron chi connectivity index (χ0n) is 9.18. The molecular weight excluding hydrogens is 210 g/mol. The van der Waals surface area contributed by atoms with Crippen LogP contribution >= 0.6 is 0 Å². The van der Waals surface area contributed by atoms with E-state index in [0.717, 1.165) is 19.6 Å². The van der Waals surface area contributed by atoms with Gasteiger partial charge in [-0.1, -0.05) is 0 Å². The third kappa shape index (κ3) is 2.43. The van der Waals surface area contributed by atoms with Crippen molar-refractivity contribution in [3.63, 3.8) is 0 Å². The van der Waals surface area contributed by atoms with E-state index in [2.05, 4.69) is 4.90 Å². The summed E-state index contributed by atoms with van der Waals surface area (Å²) in [6, 6.07) is 1.97. The van der Waals surface area contributed by atoms with Crippen LogP contribution < -0.4 is 0 Å². The van der Waals surface area contributed by atoms with E-state index in [0.29, 0.717) is 18.3 Å². The number of likely N-dealkylation sites (N-methyl/N-ethyl adjacent to an activating group) is 1. The van der Waals surface area contributed by atoms with Gasteiger partial charge in [-0.15, -0.1) is 0 Å². The van der Waals surface area contributed by atoms with E-state index in [1.165, 1.54) is 6.26 Å². The minimum atomic E-state index is -0.957. The molecule has 0 saturated carbocycles. The Labute approximate surface area is 93.6 Å². The number of carboxylic acids is 1. The van der Waals surface area contributed by atoms with Crippen LogP contribution in [0, 0.1) is 0 Å². The standard InChI is InChI=1S/C11H15NO4/c1-12(9-2-3-15-7-9)5-10-4-8(6-16-10)11(13)14/h4,6,9H,2-3,5,7H2,1H3,(H,13,14). The van der Waals surface area contributed by atoms with Crippen LogP contribution in [0.3, 0.4) is 0 Å². The second-order valence-corrected chi connectivity index (χ2v) is 4.04. The highest BCUT2D eigenvalue weighted by atomic mass is 16.5. The van der Waals surface area contributed by atoms with Gasteiger partial charge in [-0.3, -0.25) is 4.90 Å². The summed E-state index contributed by atoms with van der Waals surface area (Å²) in [5.74, 6) is -0.284. The topological polar surface area (TPSA) is 62.9 Å². The average Bonchev–Trinajstić information content (AvgIpc) is 2.87. The van der Waals surface area contributed by atoms with Crippen LogP contribution in [-0.2, 0) is 11.3 Å². The highest BCUT2D eigenvalue weighted by molar-refractivity contribution is 5.87. The maximum Gasteiger partial charge on any atom is 0.338 e. The molecule has 5 heteroatoms. The number of hydrogen-bond donors (Lipinski definition) is 1. The van der Waals surface area contributed by atoms with Crippen LogP contribution in [0.4, 0.5) is 0 Å². The van der Waals surface area contributed by atoms with Crippen molar-refractivity contribution in [2.24, 2.45) is 0 Å². The van der Waals surface area contributed by atoms with Crippen molar-refractivity contribution < 1.29 is 19.1 Å². The van der Waals surface area contributed by atoms with Gasteiger partial charge in [0.25, 0.3) is 0 Å². The number of aromatic carboxylic acids is 1. The predicted molar refractivity (Wildman–Crippen MR) is 56.4 cm³/mol. The first kappa shape index (κ1) is 11.2. The van der Waals surface area contributed by atoms with E-state index in [-0.39, 0.29) is 5.56 Å². The van der Waals surface area contributed by atoms with Crippen molar-refractivity contribution in [1.82, 2.24) is 4.90 Å². The molecule has 2 rings (SSSR count). The Bertz CT molecular complexity index is 368. The summed E-state index contributed by atoms with van der Waals surface area (Å²) in [4.78, 5) is 12.8. The molecule has 1 atom stereocenters. The molecule has 1 fully saturated rings. The molecule has 0 amide bonds. The van der Waals surface area contributed by atoms with Crippen LogP contribution in [-0.4, -0.2) is 42.3 Å². The molecule has 1 N–H and O–H groups in total. The van der Waals surface area contributed by atoms with E-state index >= 15 is 0 Å². The molecule has 1 aliphatic heterocycles. The van der Waals surface area contributed by atoms with Crippen LogP contribution in [0.2, 0.25) is 0 Å². The van der Waals surface area contributed by atoms with Gasteiger partial charge in [0.05, 0.1) is 18.7 Å². The molecule has 1 aromatic heterocycles. The minimum absolute atomic E-state index is 0.200. The van der Waals surface area contributed by atoms with Crippen LogP contribution in [0.15, 0.2) is 16.7 Å². The first-order valence-corrected chi connectivity index (χ1v) is 5.25. The van der Waals surface area contributed by atoms with Crippen LogP contribution in [0.25, 0.3) is 0 Å². The number of rotatable bonds is 4. The summed E-state index contributed by atoms with van der Waals surface area (Å²) in [5, 5.41) is 8.75. The van der Waals surface area contributed by atoms with Gasteiger partial charge in [-0.2, -0.15) is 0 Å². The molecule has 88 valence electrons. The lowest BCUT2D eigenvalue weighted by Crippen LogP contribution is -2.31. The predicted octanol–water partition coefficient (Wildman–Crippen LogP) is 1.20. The molecule has 2 heterocycles. The minimum Gasteiger partial charge on any atom is -0.478 e. The third-order valence-electron chi connectivity index (χ3n) is 2.83. The second kappa shape index (κ2) is 4.67. The van der Waals surface area contributed by atoms with Crippen molar-refractivity contribution in [2.45, 2.75) is 19.0 Å². The molecule has 0 spiro atoms. The highest BCUT2D eigenvalue weighted by Crippen LogP contribution is 2.15. The molecule has 0 bridgehead atoms. The van der Waals surface area contributed by atoms with Crippen molar-refractivity contribution in [2.75, 3.05) is 20.3 Å². The van der Waals surface area contributed by atoms with E-state index < -0.39 is 5.97 Å². The first-order chi connectivity index (χ1) is 7.66. The summed E-state index contributed by atoms with van der Waals surface area (Å²) >= 11 is 0. The summed E-state index contributed by atoms with van der Waals surface area (Å²) in [7, 11) is 1.99. The van der Waals surface area contributed by atoms with Gasteiger partial charge in [0, 0.05) is 12.6 Å². The monoisotopic (exact) mass is 225 g/mol. The summed E-state index contributed by atoms with van der Waals surface area (Å²) in [6.07, 6.45) is 2.29. The lowest BCUT2D eigenvalue weighted by molar-refractivity contribution is 0.0696. The maximum absolute atomic E-state index is 10.7. The molecule has 5 nitrogen and oxygen atoms in total. The second-order valence-electron chi connectivity index (χ2n) is 4.04. The van der Waals surface area contributed by atoms with Gasteiger partial charge in [0.15, 0.2) is 0 Å². The fraction of sp³-hybridized carbons (Fsp3) is 0.545. The largest absolute Gasteiger partial charge is 0.478 e. The molecule has 0 aliphatic carbocycles. The summed E-state index contributed by atoms with van der Waals surface area (Å²) < 4.78 is 10.5. The van der Waals surface area contributed by atoms with Crippen molar-refractivity contribution >= 4 is 5.97 Å². The molecule has 0 aromatic carbocycles. The number of hydrogen-bond acceptors (Lipinski definition) is 4. The Morgan fingerprint density at radius 2 is 2.50 bits per heavy atom. The number of ether oxygens (including phenoxy) is 1. The number of furan rings is 1. The molecule has 1 unspecified atom stereocenters. The lowest BCUT2D eigenvalue weighted by atomic mass is 10.2. The summed E-state index contributed by atoms with van der Waals surface area (Å²) in [5.41, 5.74) is 0.200. The van der Waals surface area contributed by atoms with Gasteiger partial charge in [0.1, 0.15) is 12.0 Å². The number of carbonyl (C=O) groups is 1. The summed E-state index contributed by atoms with van der Waals surface area (Å²) in [6.45, 7) is 2.15. The average molecular weight is 225 g/mol. The fourth-order valence-corrected chi connectivity index (χ4v) is 1.82. The lowest BCUT2D eigenvalue weighted by Gasteiger charge is -2.21. The Morgan fingerprint density at radius 3 is 3.06 bits per heavy atom. The fourth-order valence-electron chi connectivity index (χ4n) is 1.82. The highest BCUT2D eigenvalue weighted by Gasteiger charge is 2.21.